The van der Waals surface area contributed by atoms with Crippen LogP contribution >= 0.6 is 23.2 Å². The molecule has 0 spiro atoms. The minimum absolute atomic E-state index is 0.0458. The van der Waals surface area contributed by atoms with E-state index in [-0.39, 0.29) is 32.7 Å². The summed E-state index contributed by atoms with van der Waals surface area (Å²) in [5, 5.41) is 21.7. The first-order valence-corrected chi connectivity index (χ1v) is 12.5. The first-order valence-electron chi connectivity index (χ1n) is 11.7. The Bertz CT molecular complexity index is 1360. The minimum Gasteiger partial charge on any atom is -0.508 e. The number of phenols is 1. The van der Waals surface area contributed by atoms with Crippen LogP contribution < -0.4 is 14.5 Å². The number of benzene rings is 3. The van der Waals surface area contributed by atoms with Crippen molar-refractivity contribution < 1.29 is 24.5 Å². The average Bonchev–Trinajstić information content (AvgIpc) is 3.15. The van der Waals surface area contributed by atoms with Crippen LogP contribution in [-0.2, 0) is 9.59 Å². The predicted molar refractivity (Wildman–Crippen MR) is 146 cm³/mol. The molecule has 7 nitrogen and oxygen atoms in total. The van der Waals surface area contributed by atoms with Crippen LogP contribution in [0.25, 0.3) is 5.76 Å². The number of hydrogen-bond donors (Lipinski definition) is 2. The van der Waals surface area contributed by atoms with Gasteiger partial charge in [0.15, 0.2) is 5.75 Å². The summed E-state index contributed by atoms with van der Waals surface area (Å²) in [5.74, 6) is -1.95. The van der Waals surface area contributed by atoms with E-state index >= 15 is 0 Å². The third kappa shape index (κ3) is 4.84. The van der Waals surface area contributed by atoms with Crippen LogP contribution in [0.1, 0.15) is 31.0 Å². The number of methoxy groups -OCH3 is 1. The molecule has 1 unspecified atom stereocenters. The summed E-state index contributed by atoms with van der Waals surface area (Å²) < 4.78 is 5.17. The number of carbonyl (C=O) groups is 2. The van der Waals surface area contributed by atoms with Gasteiger partial charge in [0.1, 0.15) is 11.5 Å². The molecular weight excluding hydrogens is 515 g/mol. The number of anilines is 2. The van der Waals surface area contributed by atoms with E-state index in [1.54, 1.807) is 24.3 Å². The number of phenolic OH excluding ortho intramolecular Hbond substituents is 1. The zero-order chi connectivity index (χ0) is 26.9. The van der Waals surface area contributed by atoms with Crippen molar-refractivity contribution in [2.24, 2.45) is 0 Å². The zero-order valence-corrected chi connectivity index (χ0v) is 22.0. The summed E-state index contributed by atoms with van der Waals surface area (Å²) >= 11 is 12.5. The highest BCUT2D eigenvalue weighted by molar-refractivity contribution is 6.51. The van der Waals surface area contributed by atoms with Gasteiger partial charge in [0, 0.05) is 30.0 Å². The van der Waals surface area contributed by atoms with Crippen LogP contribution in [-0.4, -0.2) is 42.1 Å². The smallest absolute Gasteiger partial charge is 0.300 e. The second-order valence-electron chi connectivity index (χ2n) is 8.43. The Kier molecular flexibility index (Phi) is 7.66. The zero-order valence-electron chi connectivity index (χ0n) is 20.5. The van der Waals surface area contributed by atoms with Crippen molar-refractivity contribution in [3.05, 3.63) is 87.4 Å². The first-order chi connectivity index (χ1) is 17.7. The number of aliphatic hydroxyl groups is 1. The standard InChI is InChI=1S/C28H26Cl2N2O5/c1-4-31(5-2)18-9-11-19(12-10-18)32-24(16-7-6-8-20(33)13-16)23(26(35)28(32)36)25(34)17-14-21(29)27(37-3)22(30)15-17/h6-15,24,33-34H,4-5H2,1-3H3/b25-23+. The van der Waals surface area contributed by atoms with Crippen molar-refractivity contribution in [3.63, 3.8) is 0 Å². The van der Waals surface area contributed by atoms with Gasteiger partial charge in [-0.05, 0) is 67.9 Å². The quantitative estimate of drug-likeness (QED) is 0.211. The monoisotopic (exact) mass is 540 g/mol. The molecule has 37 heavy (non-hydrogen) atoms. The summed E-state index contributed by atoms with van der Waals surface area (Å²) in [6, 6.07) is 15.3. The molecule has 3 aromatic rings. The molecule has 0 bridgehead atoms. The molecule has 9 heteroatoms. The van der Waals surface area contributed by atoms with Crippen LogP contribution in [0.15, 0.2) is 66.2 Å². The number of aromatic hydroxyl groups is 1. The van der Waals surface area contributed by atoms with Gasteiger partial charge in [-0.2, -0.15) is 0 Å². The molecule has 1 atom stereocenters. The van der Waals surface area contributed by atoms with Gasteiger partial charge < -0.3 is 19.8 Å². The first kappa shape index (κ1) is 26.4. The molecule has 0 saturated carbocycles. The molecule has 2 N–H and O–H groups in total. The lowest BCUT2D eigenvalue weighted by Gasteiger charge is -2.27. The number of ketones is 1. The third-order valence-electron chi connectivity index (χ3n) is 6.36. The lowest BCUT2D eigenvalue weighted by atomic mass is 9.95. The number of hydrogen-bond acceptors (Lipinski definition) is 6. The van der Waals surface area contributed by atoms with Gasteiger partial charge in [-0.3, -0.25) is 14.5 Å². The van der Waals surface area contributed by atoms with E-state index in [1.807, 2.05) is 12.1 Å². The number of nitrogens with zero attached hydrogens (tertiary/aromatic N) is 2. The number of ether oxygens (including phenoxy) is 1. The highest BCUT2D eigenvalue weighted by Gasteiger charge is 2.47. The highest BCUT2D eigenvalue weighted by atomic mass is 35.5. The second kappa shape index (κ2) is 10.7. The van der Waals surface area contributed by atoms with Crippen molar-refractivity contribution in [2.75, 3.05) is 30.0 Å². The molecule has 0 aliphatic carbocycles. The molecule has 4 rings (SSSR count). The summed E-state index contributed by atoms with van der Waals surface area (Å²) in [6.45, 7) is 5.73. The van der Waals surface area contributed by atoms with Crippen molar-refractivity contribution in [3.8, 4) is 11.5 Å². The van der Waals surface area contributed by atoms with Crippen molar-refractivity contribution in [2.45, 2.75) is 19.9 Å². The van der Waals surface area contributed by atoms with Crippen molar-refractivity contribution in [1.82, 2.24) is 0 Å². The van der Waals surface area contributed by atoms with E-state index in [0.717, 1.165) is 18.8 Å². The molecule has 0 radical (unpaired) electrons. The molecule has 1 amide bonds. The van der Waals surface area contributed by atoms with Gasteiger partial charge in [-0.1, -0.05) is 35.3 Å². The molecule has 1 heterocycles. The van der Waals surface area contributed by atoms with Gasteiger partial charge in [-0.25, -0.2) is 0 Å². The van der Waals surface area contributed by atoms with Crippen LogP contribution in [0.2, 0.25) is 10.0 Å². The Hall–Kier alpha value is -3.68. The third-order valence-corrected chi connectivity index (χ3v) is 6.92. The van der Waals surface area contributed by atoms with E-state index in [0.29, 0.717) is 11.3 Å². The maximum Gasteiger partial charge on any atom is 0.300 e. The van der Waals surface area contributed by atoms with Gasteiger partial charge >= 0.3 is 0 Å². The molecule has 3 aromatic carbocycles. The van der Waals surface area contributed by atoms with Crippen molar-refractivity contribution >= 4 is 52.0 Å². The van der Waals surface area contributed by atoms with Crippen LogP contribution in [0.3, 0.4) is 0 Å². The number of Topliss-reactive ketones (excluding diaryl/α,β-unsaturated/α-hetero) is 1. The molecule has 0 aromatic heterocycles. The van der Waals surface area contributed by atoms with Gasteiger partial charge in [-0.15, -0.1) is 0 Å². The SMILES string of the molecule is CCN(CC)c1ccc(N2C(=O)C(=O)/C(=C(/O)c3cc(Cl)c(OC)c(Cl)c3)C2c2cccc(O)c2)cc1. The number of rotatable bonds is 7. The largest absolute Gasteiger partial charge is 0.508 e. The van der Waals surface area contributed by atoms with Gasteiger partial charge in [0.25, 0.3) is 11.7 Å². The Morgan fingerprint density at radius 2 is 1.62 bits per heavy atom. The van der Waals surface area contributed by atoms with Crippen LogP contribution in [0, 0.1) is 0 Å². The molecule has 1 fully saturated rings. The van der Waals surface area contributed by atoms with E-state index in [9.17, 15) is 19.8 Å². The fraction of sp³-hybridized carbons (Fsp3) is 0.214. The number of amides is 1. The Balaban J connectivity index is 1.90. The number of halogens is 2. The Morgan fingerprint density at radius 3 is 2.16 bits per heavy atom. The lowest BCUT2D eigenvalue weighted by Crippen LogP contribution is -2.29. The van der Waals surface area contributed by atoms with Crippen molar-refractivity contribution in [1.29, 1.82) is 0 Å². The van der Waals surface area contributed by atoms with Crippen LogP contribution in [0.4, 0.5) is 11.4 Å². The molecular formula is C28H26Cl2N2O5. The average molecular weight is 541 g/mol. The van der Waals surface area contributed by atoms with Gasteiger partial charge in [0.05, 0.1) is 28.8 Å². The molecule has 1 aliphatic heterocycles. The van der Waals surface area contributed by atoms with E-state index in [2.05, 4.69) is 18.7 Å². The van der Waals surface area contributed by atoms with Gasteiger partial charge in [0.2, 0.25) is 0 Å². The summed E-state index contributed by atoms with van der Waals surface area (Å²) in [4.78, 5) is 30.2. The summed E-state index contributed by atoms with van der Waals surface area (Å²) in [5.41, 5.74) is 1.88. The summed E-state index contributed by atoms with van der Waals surface area (Å²) in [6.07, 6.45) is 0. The second-order valence-corrected chi connectivity index (χ2v) is 9.24. The fourth-order valence-electron chi connectivity index (χ4n) is 4.57. The lowest BCUT2D eigenvalue weighted by molar-refractivity contribution is -0.132. The number of aliphatic hydroxyl groups excluding tert-OH is 1. The van der Waals surface area contributed by atoms with E-state index in [4.69, 9.17) is 27.9 Å². The number of carbonyl (C=O) groups excluding carboxylic acids is 2. The maximum atomic E-state index is 13.4. The summed E-state index contributed by atoms with van der Waals surface area (Å²) in [7, 11) is 1.41. The topological polar surface area (TPSA) is 90.3 Å². The predicted octanol–water partition coefficient (Wildman–Crippen LogP) is 6.18. The fourth-order valence-corrected chi connectivity index (χ4v) is 5.21. The normalized spacial score (nSPS) is 16.8. The Morgan fingerprint density at radius 1 is 1.00 bits per heavy atom. The Labute approximate surface area is 225 Å². The molecule has 1 saturated heterocycles. The molecule has 192 valence electrons. The maximum absolute atomic E-state index is 13.4. The van der Waals surface area contributed by atoms with Crippen LogP contribution in [0.5, 0.6) is 11.5 Å². The van der Waals surface area contributed by atoms with E-state index in [1.165, 1.54) is 36.3 Å². The van der Waals surface area contributed by atoms with E-state index < -0.39 is 23.5 Å². The molecule has 1 aliphatic rings. The highest BCUT2D eigenvalue weighted by Crippen LogP contribution is 2.44. The minimum atomic E-state index is -1.01.